The molecule has 1 heterocycles. The molecule has 0 aromatic carbocycles. The van der Waals surface area contributed by atoms with Crippen molar-refractivity contribution in [3.8, 4) is 11.6 Å². The maximum Gasteiger partial charge on any atom is 0.341 e. The first-order chi connectivity index (χ1) is 6.63. The number of carboxylic acids is 1. The van der Waals surface area contributed by atoms with Crippen LogP contribution in [0.4, 0.5) is 0 Å². The van der Waals surface area contributed by atoms with Crippen LogP contribution in [0.2, 0.25) is 0 Å². The molecule has 0 aliphatic carbocycles. The lowest BCUT2D eigenvalue weighted by molar-refractivity contribution is -0.139. The van der Waals surface area contributed by atoms with E-state index in [2.05, 4.69) is 4.98 Å². The fourth-order valence-electron chi connectivity index (χ4n) is 0.916. The minimum Gasteiger partial charge on any atom is -0.479 e. The van der Waals surface area contributed by atoms with Crippen LogP contribution in [-0.4, -0.2) is 29.8 Å². The van der Waals surface area contributed by atoms with Crippen LogP contribution in [0.5, 0.6) is 11.6 Å². The molecule has 0 saturated carbocycles. The number of nitrogens with zero attached hydrogens (tertiary/aromatic N) is 1. The summed E-state index contributed by atoms with van der Waals surface area (Å²) in [5.74, 6) is -0.403. The van der Waals surface area contributed by atoms with Gasteiger partial charge in [-0.05, 0) is 19.1 Å². The zero-order valence-electron chi connectivity index (χ0n) is 7.98. The number of methoxy groups -OCH3 is 1. The number of ether oxygens (including phenoxy) is 2. The van der Waals surface area contributed by atoms with Gasteiger partial charge in [0.1, 0.15) is 0 Å². The third-order valence-corrected chi connectivity index (χ3v) is 1.51. The van der Waals surface area contributed by atoms with Crippen LogP contribution >= 0.6 is 0 Å². The third kappa shape index (κ3) is 2.62. The number of pyridine rings is 1. The van der Waals surface area contributed by atoms with Gasteiger partial charge in [0, 0.05) is 5.69 Å². The number of aryl methyl sites for hydroxylation is 1. The Labute approximate surface area is 81.3 Å². The van der Waals surface area contributed by atoms with E-state index in [1.807, 2.05) is 6.92 Å². The van der Waals surface area contributed by atoms with Crippen LogP contribution < -0.4 is 9.47 Å². The van der Waals surface area contributed by atoms with Crippen LogP contribution in [-0.2, 0) is 4.79 Å². The minimum atomic E-state index is -1.03. The van der Waals surface area contributed by atoms with Gasteiger partial charge in [0.2, 0.25) is 0 Å². The topological polar surface area (TPSA) is 68.7 Å². The van der Waals surface area contributed by atoms with Gasteiger partial charge in [-0.2, -0.15) is 0 Å². The van der Waals surface area contributed by atoms with Crippen LogP contribution in [0.25, 0.3) is 0 Å². The summed E-state index contributed by atoms with van der Waals surface area (Å²) in [5.41, 5.74) is 0.782. The molecule has 0 aliphatic heterocycles. The number of carboxylic acid groups (broad SMARTS) is 1. The van der Waals surface area contributed by atoms with Crippen LogP contribution in [0.15, 0.2) is 12.1 Å². The maximum atomic E-state index is 10.3. The van der Waals surface area contributed by atoms with Crippen molar-refractivity contribution in [2.24, 2.45) is 0 Å². The van der Waals surface area contributed by atoms with E-state index in [0.29, 0.717) is 11.6 Å². The molecule has 1 aromatic heterocycles. The molecule has 0 saturated heterocycles. The highest BCUT2D eigenvalue weighted by molar-refractivity contribution is 5.68. The average Bonchev–Trinajstić information content (AvgIpc) is 2.15. The van der Waals surface area contributed by atoms with E-state index in [1.54, 1.807) is 12.1 Å². The van der Waals surface area contributed by atoms with Gasteiger partial charge in [-0.1, -0.05) is 0 Å². The van der Waals surface area contributed by atoms with E-state index in [4.69, 9.17) is 14.6 Å². The SMILES string of the molecule is COc1nc(C)ccc1OCC(=O)O. The molecule has 0 fully saturated rings. The van der Waals surface area contributed by atoms with Gasteiger partial charge in [0.25, 0.3) is 5.88 Å². The van der Waals surface area contributed by atoms with Crippen LogP contribution in [0.3, 0.4) is 0 Å². The summed E-state index contributed by atoms with van der Waals surface area (Å²) in [6, 6.07) is 3.35. The van der Waals surface area contributed by atoms with Crippen molar-refractivity contribution >= 4 is 5.97 Å². The number of hydrogen-bond donors (Lipinski definition) is 1. The van der Waals surface area contributed by atoms with E-state index in [1.165, 1.54) is 7.11 Å². The van der Waals surface area contributed by atoms with Crippen molar-refractivity contribution in [2.45, 2.75) is 6.92 Å². The van der Waals surface area contributed by atoms with E-state index in [9.17, 15) is 4.79 Å². The smallest absolute Gasteiger partial charge is 0.341 e. The van der Waals surface area contributed by atoms with Gasteiger partial charge >= 0.3 is 5.97 Å². The van der Waals surface area contributed by atoms with Crippen molar-refractivity contribution in [1.29, 1.82) is 0 Å². The normalized spacial score (nSPS) is 9.57. The molecule has 0 atom stereocenters. The highest BCUT2D eigenvalue weighted by Gasteiger charge is 2.07. The molecular weight excluding hydrogens is 186 g/mol. The summed E-state index contributed by atoms with van der Waals surface area (Å²) in [6.45, 7) is 1.41. The summed E-state index contributed by atoms with van der Waals surface area (Å²) in [6.07, 6.45) is 0. The van der Waals surface area contributed by atoms with Crippen molar-refractivity contribution in [2.75, 3.05) is 13.7 Å². The zero-order valence-corrected chi connectivity index (χ0v) is 7.98. The molecule has 76 valence electrons. The van der Waals surface area contributed by atoms with Gasteiger partial charge in [0.05, 0.1) is 7.11 Å². The average molecular weight is 197 g/mol. The molecule has 1 N–H and O–H groups in total. The van der Waals surface area contributed by atoms with E-state index in [0.717, 1.165) is 5.69 Å². The molecule has 0 bridgehead atoms. The van der Waals surface area contributed by atoms with Crippen molar-refractivity contribution in [3.63, 3.8) is 0 Å². The zero-order chi connectivity index (χ0) is 10.6. The number of carbonyl (C=O) groups is 1. The lowest BCUT2D eigenvalue weighted by Crippen LogP contribution is -2.10. The Morgan fingerprint density at radius 2 is 2.29 bits per heavy atom. The van der Waals surface area contributed by atoms with Crippen LogP contribution in [0, 0.1) is 6.92 Å². The largest absolute Gasteiger partial charge is 0.479 e. The maximum absolute atomic E-state index is 10.3. The molecule has 1 aromatic rings. The number of aliphatic carboxylic acids is 1. The Hall–Kier alpha value is -1.78. The summed E-state index contributed by atoms with van der Waals surface area (Å²) < 4.78 is 9.89. The van der Waals surface area contributed by atoms with E-state index >= 15 is 0 Å². The monoisotopic (exact) mass is 197 g/mol. The lowest BCUT2D eigenvalue weighted by Gasteiger charge is -2.07. The fourth-order valence-corrected chi connectivity index (χ4v) is 0.916. The predicted molar refractivity (Wildman–Crippen MR) is 48.7 cm³/mol. The molecule has 0 radical (unpaired) electrons. The summed E-state index contributed by atoms with van der Waals surface area (Å²) in [7, 11) is 1.45. The quantitative estimate of drug-likeness (QED) is 0.775. The first-order valence-corrected chi connectivity index (χ1v) is 3.99. The molecule has 1 rings (SSSR count). The van der Waals surface area contributed by atoms with Gasteiger partial charge in [-0.25, -0.2) is 9.78 Å². The first-order valence-electron chi connectivity index (χ1n) is 3.99. The van der Waals surface area contributed by atoms with Crippen molar-refractivity contribution in [1.82, 2.24) is 4.98 Å². The van der Waals surface area contributed by atoms with Gasteiger partial charge in [-0.15, -0.1) is 0 Å². The van der Waals surface area contributed by atoms with Crippen molar-refractivity contribution < 1.29 is 19.4 Å². The van der Waals surface area contributed by atoms with E-state index < -0.39 is 12.6 Å². The molecule has 0 unspecified atom stereocenters. The Kier molecular flexibility index (Phi) is 3.28. The second-order valence-corrected chi connectivity index (χ2v) is 2.64. The summed E-state index contributed by atoms with van der Waals surface area (Å²) in [5, 5.41) is 8.41. The highest BCUT2D eigenvalue weighted by atomic mass is 16.5. The summed E-state index contributed by atoms with van der Waals surface area (Å²) in [4.78, 5) is 14.3. The standard InChI is InChI=1S/C9H11NO4/c1-6-3-4-7(9(10-6)13-2)14-5-8(11)12/h3-4H,5H2,1-2H3,(H,11,12). The Morgan fingerprint density at radius 3 is 2.86 bits per heavy atom. The fraction of sp³-hybridized carbons (Fsp3) is 0.333. The number of hydrogen-bond acceptors (Lipinski definition) is 4. The van der Waals surface area contributed by atoms with Gasteiger partial charge < -0.3 is 14.6 Å². The Morgan fingerprint density at radius 1 is 1.57 bits per heavy atom. The van der Waals surface area contributed by atoms with E-state index in [-0.39, 0.29) is 0 Å². The molecule has 0 aliphatic rings. The second-order valence-electron chi connectivity index (χ2n) is 2.64. The molecule has 14 heavy (non-hydrogen) atoms. The second kappa shape index (κ2) is 4.45. The lowest BCUT2D eigenvalue weighted by atomic mass is 10.3. The Balaban J connectivity index is 2.80. The van der Waals surface area contributed by atoms with Gasteiger partial charge in [-0.3, -0.25) is 0 Å². The Bertz CT molecular complexity index is 338. The van der Waals surface area contributed by atoms with Crippen LogP contribution in [0.1, 0.15) is 5.69 Å². The molecule has 5 heteroatoms. The molecular formula is C9H11NO4. The van der Waals surface area contributed by atoms with Crippen molar-refractivity contribution in [3.05, 3.63) is 17.8 Å². The number of aromatic nitrogens is 1. The third-order valence-electron chi connectivity index (χ3n) is 1.51. The molecule has 5 nitrogen and oxygen atoms in total. The highest BCUT2D eigenvalue weighted by Crippen LogP contribution is 2.23. The first kappa shape index (κ1) is 10.3. The number of rotatable bonds is 4. The minimum absolute atomic E-state index is 0.297. The summed E-state index contributed by atoms with van der Waals surface area (Å²) >= 11 is 0. The molecule has 0 spiro atoms. The van der Waals surface area contributed by atoms with Gasteiger partial charge in [0.15, 0.2) is 12.4 Å². The predicted octanol–water partition coefficient (Wildman–Crippen LogP) is 0.862. The molecule has 0 amide bonds.